The number of carbonyl (C=O) groups excluding carboxylic acids is 1. The summed E-state index contributed by atoms with van der Waals surface area (Å²) in [5.41, 5.74) is 0.698. The van der Waals surface area contributed by atoms with Gasteiger partial charge in [0, 0.05) is 38.8 Å². The highest BCUT2D eigenvalue weighted by Crippen LogP contribution is 2.28. The second kappa shape index (κ2) is 9.04. The lowest BCUT2D eigenvalue weighted by molar-refractivity contribution is -0.144. The summed E-state index contributed by atoms with van der Waals surface area (Å²) in [5, 5.41) is 7.28. The Morgan fingerprint density at radius 1 is 1.33 bits per heavy atom. The van der Waals surface area contributed by atoms with Crippen molar-refractivity contribution in [3.63, 3.8) is 0 Å². The molecule has 2 fully saturated rings. The monoisotopic (exact) mass is 378 g/mol. The number of nitrogens with one attached hydrogen (secondary N) is 1. The van der Waals surface area contributed by atoms with E-state index in [1.54, 1.807) is 0 Å². The zero-order valence-corrected chi connectivity index (χ0v) is 16.0. The maximum absolute atomic E-state index is 12.8. The van der Waals surface area contributed by atoms with Crippen molar-refractivity contribution >= 4 is 30.7 Å². The number of piperidine rings is 1. The van der Waals surface area contributed by atoms with E-state index in [9.17, 15) is 4.79 Å². The number of carbonyl (C=O) groups is 1. The fraction of sp³-hybridized carbons (Fsp3) is 0.750. The summed E-state index contributed by atoms with van der Waals surface area (Å²) in [4.78, 5) is 17.1. The Labute approximate surface area is 156 Å². The van der Waals surface area contributed by atoms with E-state index in [1.807, 2.05) is 17.9 Å². The fourth-order valence-electron chi connectivity index (χ4n) is 3.44. The number of amides is 1. The Hall–Kier alpha value is -0.820. The zero-order chi connectivity index (χ0) is 15.6. The fourth-order valence-corrected chi connectivity index (χ4v) is 3.44. The van der Waals surface area contributed by atoms with Gasteiger partial charge in [-0.2, -0.15) is 0 Å². The van der Waals surface area contributed by atoms with E-state index in [0.29, 0.717) is 5.91 Å². The third kappa shape index (κ3) is 4.85. The summed E-state index contributed by atoms with van der Waals surface area (Å²) < 4.78 is 5.27. The van der Waals surface area contributed by atoms with Gasteiger partial charge in [-0.1, -0.05) is 5.16 Å². The van der Waals surface area contributed by atoms with E-state index < -0.39 is 0 Å². The van der Waals surface area contributed by atoms with Gasteiger partial charge in [0.2, 0.25) is 5.91 Å². The van der Waals surface area contributed by atoms with Crippen molar-refractivity contribution in [1.29, 1.82) is 0 Å². The minimum absolute atomic E-state index is 0. The Kier molecular flexibility index (Phi) is 7.99. The quantitative estimate of drug-likeness (QED) is 0.869. The molecule has 0 aliphatic carbocycles. The van der Waals surface area contributed by atoms with Crippen LogP contribution < -0.4 is 5.32 Å². The highest BCUT2D eigenvalue weighted by atomic mass is 35.5. The third-order valence-corrected chi connectivity index (χ3v) is 4.83. The number of halogens is 2. The number of piperazine rings is 1. The van der Waals surface area contributed by atoms with Gasteiger partial charge in [0.25, 0.3) is 0 Å². The predicted molar refractivity (Wildman–Crippen MR) is 97.8 cm³/mol. The molecular formula is C16H28Cl2N4O2. The minimum Gasteiger partial charge on any atom is -0.360 e. The molecule has 1 unspecified atom stereocenters. The number of nitrogens with zero attached hydrogens (tertiary/aromatic N) is 3. The van der Waals surface area contributed by atoms with Crippen LogP contribution in [0.4, 0.5) is 0 Å². The molecule has 2 aliphatic heterocycles. The number of rotatable bonds is 3. The summed E-state index contributed by atoms with van der Waals surface area (Å²) in [7, 11) is 0. The van der Waals surface area contributed by atoms with Gasteiger partial charge < -0.3 is 14.7 Å². The molecule has 6 nitrogen and oxygen atoms in total. The van der Waals surface area contributed by atoms with Crippen molar-refractivity contribution < 1.29 is 9.32 Å². The number of hydrogen-bond acceptors (Lipinski definition) is 5. The summed E-state index contributed by atoms with van der Waals surface area (Å²) in [5.74, 6) is 1.22. The molecule has 0 spiro atoms. The van der Waals surface area contributed by atoms with Gasteiger partial charge in [0.05, 0.1) is 17.7 Å². The Morgan fingerprint density at radius 3 is 2.58 bits per heavy atom. The molecule has 0 aromatic carbocycles. The van der Waals surface area contributed by atoms with Gasteiger partial charge in [0.1, 0.15) is 0 Å². The maximum Gasteiger partial charge on any atom is 0.229 e. The van der Waals surface area contributed by atoms with Gasteiger partial charge >= 0.3 is 0 Å². The molecule has 1 N–H and O–H groups in total. The van der Waals surface area contributed by atoms with Gasteiger partial charge in [-0.3, -0.25) is 9.69 Å². The molecular weight excluding hydrogens is 351 g/mol. The maximum atomic E-state index is 12.8. The average molecular weight is 379 g/mol. The predicted octanol–water partition coefficient (Wildman–Crippen LogP) is 1.86. The summed E-state index contributed by atoms with van der Waals surface area (Å²) in [6.45, 7) is 10.1. The lowest BCUT2D eigenvalue weighted by Crippen LogP contribution is -2.55. The SMILES string of the molecule is Cc1cc(CN2CCN(C(=O)C3(C)CCCNC3)CC2)on1.Cl.Cl. The van der Waals surface area contributed by atoms with Crippen molar-refractivity contribution in [2.45, 2.75) is 33.2 Å². The summed E-state index contributed by atoms with van der Waals surface area (Å²) in [6, 6.07) is 1.98. The van der Waals surface area contributed by atoms with Gasteiger partial charge in [-0.15, -0.1) is 24.8 Å². The Balaban J connectivity index is 0.00000144. The lowest BCUT2D eigenvalue weighted by atomic mass is 9.81. The molecule has 24 heavy (non-hydrogen) atoms. The first kappa shape index (κ1) is 21.2. The van der Waals surface area contributed by atoms with Crippen LogP contribution >= 0.6 is 24.8 Å². The molecule has 1 aromatic heterocycles. The molecule has 3 rings (SSSR count). The van der Waals surface area contributed by atoms with E-state index in [-0.39, 0.29) is 30.2 Å². The van der Waals surface area contributed by atoms with Crippen molar-refractivity contribution in [3.8, 4) is 0 Å². The number of aryl methyl sites for hydroxylation is 1. The van der Waals surface area contributed by atoms with E-state index >= 15 is 0 Å². The summed E-state index contributed by atoms with van der Waals surface area (Å²) in [6.07, 6.45) is 2.09. The molecule has 1 atom stereocenters. The molecule has 0 bridgehead atoms. The molecule has 2 saturated heterocycles. The van der Waals surface area contributed by atoms with Crippen LogP contribution in [0.3, 0.4) is 0 Å². The molecule has 138 valence electrons. The molecule has 1 aromatic rings. The molecule has 0 radical (unpaired) electrons. The lowest BCUT2D eigenvalue weighted by Gasteiger charge is -2.41. The van der Waals surface area contributed by atoms with Crippen LogP contribution in [0.15, 0.2) is 10.6 Å². The Morgan fingerprint density at radius 2 is 2.04 bits per heavy atom. The van der Waals surface area contributed by atoms with Crippen molar-refractivity contribution in [3.05, 3.63) is 17.5 Å². The molecule has 1 amide bonds. The van der Waals surface area contributed by atoms with Crippen LogP contribution in [0, 0.1) is 12.3 Å². The van der Waals surface area contributed by atoms with Crippen molar-refractivity contribution in [2.75, 3.05) is 39.3 Å². The van der Waals surface area contributed by atoms with Crippen molar-refractivity contribution in [1.82, 2.24) is 20.3 Å². The topological polar surface area (TPSA) is 61.6 Å². The first-order valence-electron chi connectivity index (χ1n) is 8.21. The van der Waals surface area contributed by atoms with Crippen molar-refractivity contribution in [2.24, 2.45) is 5.41 Å². The normalized spacial score (nSPS) is 24.8. The number of hydrogen-bond donors (Lipinski definition) is 1. The van der Waals surface area contributed by atoms with E-state index in [1.165, 1.54) is 0 Å². The molecule has 8 heteroatoms. The number of aromatic nitrogens is 1. The second-order valence-corrected chi connectivity index (χ2v) is 6.84. The summed E-state index contributed by atoms with van der Waals surface area (Å²) >= 11 is 0. The van der Waals surface area contributed by atoms with E-state index in [0.717, 1.165) is 70.1 Å². The minimum atomic E-state index is -0.220. The van der Waals surface area contributed by atoms with Gasteiger partial charge in [-0.05, 0) is 33.2 Å². The van der Waals surface area contributed by atoms with Crippen LogP contribution in [0.1, 0.15) is 31.2 Å². The largest absolute Gasteiger partial charge is 0.360 e. The third-order valence-electron chi connectivity index (χ3n) is 4.83. The molecule has 0 saturated carbocycles. The highest BCUT2D eigenvalue weighted by molar-refractivity contribution is 5.85. The van der Waals surface area contributed by atoms with Crippen LogP contribution in [-0.4, -0.2) is 60.1 Å². The highest BCUT2D eigenvalue weighted by Gasteiger charge is 2.38. The smallest absolute Gasteiger partial charge is 0.229 e. The molecule has 3 heterocycles. The van der Waals surface area contributed by atoms with Crippen LogP contribution in [0.2, 0.25) is 0 Å². The first-order chi connectivity index (χ1) is 10.6. The van der Waals surface area contributed by atoms with Crippen LogP contribution in [0.25, 0.3) is 0 Å². The van der Waals surface area contributed by atoms with E-state index in [2.05, 4.69) is 22.3 Å². The van der Waals surface area contributed by atoms with Gasteiger partial charge in [0.15, 0.2) is 5.76 Å². The van der Waals surface area contributed by atoms with Crippen LogP contribution in [0.5, 0.6) is 0 Å². The average Bonchev–Trinajstić information content (AvgIpc) is 2.93. The zero-order valence-electron chi connectivity index (χ0n) is 14.4. The second-order valence-electron chi connectivity index (χ2n) is 6.84. The van der Waals surface area contributed by atoms with Crippen LogP contribution in [-0.2, 0) is 11.3 Å². The van der Waals surface area contributed by atoms with Gasteiger partial charge in [-0.25, -0.2) is 0 Å². The first-order valence-corrected chi connectivity index (χ1v) is 8.21. The van der Waals surface area contributed by atoms with E-state index in [4.69, 9.17) is 4.52 Å². The standard InChI is InChI=1S/C16H26N4O2.2ClH/c1-13-10-14(22-18-13)11-19-6-8-20(9-7-19)15(21)16(2)4-3-5-17-12-16;;/h10,17H,3-9,11-12H2,1-2H3;2*1H. The molecule has 2 aliphatic rings. The Bertz CT molecular complexity index is 524.